The molecule has 0 aliphatic heterocycles. The van der Waals surface area contributed by atoms with E-state index in [0.717, 1.165) is 15.5 Å². The van der Waals surface area contributed by atoms with E-state index < -0.39 is 0 Å². The minimum absolute atomic E-state index is 0. The maximum atomic E-state index is 9.47. The quantitative estimate of drug-likeness (QED) is 0.563. The third kappa shape index (κ3) is 6.95. The molecule has 0 aliphatic carbocycles. The number of carbonyl (C=O) groups excluding carboxylic acids is 1. The molecule has 1 heterocycles. The molecule has 0 unspecified atom stereocenters. The van der Waals surface area contributed by atoms with Crippen molar-refractivity contribution in [2.45, 2.75) is 26.4 Å². The maximum Gasteiger partial charge on any atom is 1.00 e. The minimum Gasteiger partial charge on any atom is -0.649 e. The number of benzene rings is 1. The second kappa shape index (κ2) is 8.31. The van der Waals surface area contributed by atoms with Gasteiger partial charge in [0.1, 0.15) is 0 Å². The zero-order chi connectivity index (χ0) is 14.5. The molecule has 2 aromatic rings. The fraction of sp³-hybridized carbons (Fsp3) is 0.286. The zero-order valence-electron chi connectivity index (χ0n) is 12.1. The van der Waals surface area contributed by atoms with Gasteiger partial charge in [-0.2, -0.15) is 0 Å². The number of fused-ring (bicyclic) bond motifs is 1. The molecular formula is C14H15BrLiN2O2-. The van der Waals surface area contributed by atoms with Crippen LogP contribution in [0.1, 0.15) is 26.5 Å². The molecular weight excluding hydrogens is 315 g/mol. The predicted octanol–water partition coefficient (Wildman–Crippen LogP) is 0.447. The summed E-state index contributed by atoms with van der Waals surface area (Å²) >= 11 is 3.37. The van der Waals surface area contributed by atoms with Crippen molar-refractivity contribution in [1.82, 2.24) is 9.97 Å². The molecule has 0 aliphatic rings. The average Bonchev–Trinajstić information content (AvgIpc) is 2.29. The Hall–Kier alpha value is -1.02. The summed E-state index contributed by atoms with van der Waals surface area (Å²) in [4.78, 5) is 17.9. The first-order chi connectivity index (χ1) is 8.81. The van der Waals surface area contributed by atoms with Crippen molar-refractivity contribution in [2.24, 2.45) is 0 Å². The fourth-order valence-electron chi connectivity index (χ4n) is 1.15. The summed E-state index contributed by atoms with van der Waals surface area (Å²) in [6.45, 7) is 10.4. The molecule has 20 heavy (non-hydrogen) atoms. The average molecular weight is 330 g/mol. The monoisotopic (exact) mass is 329 g/mol. The Labute approximate surface area is 139 Å². The zero-order valence-corrected chi connectivity index (χ0v) is 13.7. The Morgan fingerprint density at radius 1 is 1.30 bits per heavy atom. The van der Waals surface area contributed by atoms with E-state index in [4.69, 9.17) is 0 Å². The van der Waals surface area contributed by atoms with Gasteiger partial charge in [0, 0.05) is 4.47 Å². The smallest absolute Gasteiger partial charge is 0.649 e. The Morgan fingerprint density at radius 2 is 1.95 bits per heavy atom. The second-order valence-electron chi connectivity index (χ2n) is 4.79. The molecule has 102 valence electrons. The van der Waals surface area contributed by atoms with Crippen LogP contribution < -0.4 is 18.9 Å². The van der Waals surface area contributed by atoms with E-state index in [9.17, 15) is 4.79 Å². The maximum absolute atomic E-state index is 9.47. The van der Waals surface area contributed by atoms with Crippen LogP contribution in [-0.4, -0.2) is 22.0 Å². The number of aromatic nitrogens is 2. The molecule has 0 radical (unpaired) electrons. The van der Waals surface area contributed by atoms with E-state index >= 15 is 0 Å². The Bertz CT molecular complexity index is 529. The van der Waals surface area contributed by atoms with Gasteiger partial charge in [0.2, 0.25) is 0 Å². The van der Waals surface area contributed by atoms with Gasteiger partial charge < -0.3 is 14.5 Å². The van der Waals surface area contributed by atoms with E-state index in [2.05, 4.69) is 37.6 Å². The second-order valence-corrected chi connectivity index (χ2v) is 5.71. The molecule has 0 bridgehead atoms. The molecule has 0 N–H and O–H groups in total. The first kappa shape index (κ1) is 19.0. The Kier molecular flexibility index (Phi) is 7.88. The Balaban J connectivity index is 0.000000396. The number of rotatable bonds is 1. The van der Waals surface area contributed by atoms with Gasteiger partial charge in [-0.05, 0) is 39.0 Å². The van der Waals surface area contributed by atoms with Crippen molar-refractivity contribution in [3.05, 3.63) is 41.5 Å². The van der Waals surface area contributed by atoms with Crippen LogP contribution >= 0.6 is 15.9 Å². The summed E-state index contributed by atoms with van der Waals surface area (Å²) in [6, 6.07) is 5.79. The molecule has 1 aromatic carbocycles. The van der Waals surface area contributed by atoms with Crippen molar-refractivity contribution >= 4 is 33.4 Å². The van der Waals surface area contributed by atoms with Gasteiger partial charge in [-0.1, -0.05) is 34.3 Å². The van der Waals surface area contributed by atoms with Crippen molar-refractivity contribution in [3.8, 4) is 0 Å². The summed E-state index contributed by atoms with van der Waals surface area (Å²) in [6.07, 6.45) is 1.66. The predicted molar refractivity (Wildman–Crippen MR) is 78.2 cm³/mol. The van der Waals surface area contributed by atoms with E-state index in [0.29, 0.717) is 5.69 Å². The van der Waals surface area contributed by atoms with Gasteiger partial charge in [-0.25, -0.2) is 6.92 Å². The van der Waals surface area contributed by atoms with Crippen LogP contribution in [0.4, 0.5) is 0 Å². The van der Waals surface area contributed by atoms with Crippen LogP contribution in [0.5, 0.6) is 0 Å². The standard InChI is InChI=1S/C9H6BrN2.C5H9O2.Li/c1-6-5-11-9-4-7(10)2-3-8(9)12-6;1-5(2,3)7-4-6;/h2-5H,1H2;1-3H3;/q2*-1;+1. The summed E-state index contributed by atoms with van der Waals surface area (Å²) in [5.41, 5.74) is 2.09. The molecule has 1 aromatic heterocycles. The first-order valence-corrected chi connectivity index (χ1v) is 6.40. The van der Waals surface area contributed by atoms with Crippen LogP contribution in [0.2, 0.25) is 0 Å². The molecule has 0 saturated carbocycles. The number of hydrogen-bond acceptors (Lipinski definition) is 4. The molecule has 0 saturated heterocycles. The number of hydrogen-bond donors (Lipinski definition) is 0. The van der Waals surface area contributed by atoms with E-state index in [1.165, 1.54) is 6.47 Å². The molecule has 0 atom stereocenters. The Morgan fingerprint density at radius 3 is 2.45 bits per heavy atom. The van der Waals surface area contributed by atoms with Gasteiger partial charge in [-0.15, -0.1) is 0 Å². The normalized spacial score (nSPS) is 10.0. The molecule has 0 spiro atoms. The van der Waals surface area contributed by atoms with Gasteiger partial charge in [-0.3, -0.25) is 4.98 Å². The van der Waals surface area contributed by atoms with Crippen molar-refractivity contribution in [1.29, 1.82) is 0 Å². The molecule has 2 rings (SSSR count). The van der Waals surface area contributed by atoms with Gasteiger partial charge in [0.25, 0.3) is 0 Å². The first-order valence-electron chi connectivity index (χ1n) is 5.61. The summed E-state index contributed by atoms with van der Waals surface area (Å²) in [7, 11) is 0. The van der Waals surface area contributed by atoms with E-state index in [1.54, 1.807) is 27.0 Å². The minimum atomic E-state index is -0.373. The SMILES string of the molecule is CC(C)(C)O[C-]=O.[CH2-]c1cnc2cc(Br)ccc2n1.[Li+]. The summed E-state index contributed by atoms with van der Waals surface area (Å²) in [5, 5.41) is 0. The molecule has 0 fully saturated rings. The summed E-state index contributed by atoms with van der Waals surface area (Å²) < 4.78 is 5.44. The third-order valence-electron chi connectivity index (χ3n) is 1.90. The number of ether oxygens (including phenoxy) is 1. The molecule has 0 amide bonds. The fourth-order valence-corrected chi connectivity index (χ4v) is 1.50. The molecule has 4 nitrogen and oxygen atoms in total. The van der Waals surface area contributed by atoms with Gasteiger partial charge >= 0.3 is 18.9 Å². The van der Waals surface area contributed by atoms with Crippen LogP contribution in [0.3, 0.4) is 0 Å². The number of halogens is 1. The number of nitrogens with zero attached hydrogens (tertiary/aromatic N) is 2. The van der Waals surface area contributed by atoms with E-state index in [1.807, 2.05) is 18.2 Å². The third-order valence-corrected chi connectivity index (χ3v) is 2.40. The largest absolute Gasteiger partial charge is 1.00 e. The van der Waals surface area contributed by atoms with Crippen LogP contribution in [0, 0.1) is 6.92 Å². The topological polar surface area (TPSA) is 52.1 Å². The summed E-state index contributed by atoms with van der Waals surface area (Å²) in [5.74, 6) is 0. The van der Waals surface area contributed by atoms with Crippen LogP contribution in [-0.2, 0) is 9.53 Å². The van der Waals surface area contributed by atoms with Gasteiger partial charge in [0.15, 0.2) is 0 Å². The molecule has 6 heteroatoms. The van der Waals surface area contributed by atoms with Crippen molar-refractivity contribution < 1.29 is 28.4 Å². The van der Waals surface area contributed by atoms with Crippen LogP contribution in [0.25, 0.3) is 11.0 Å². The van der Waals surface area contributed by atoms with Crippen molar-refractivity contribution in [2.75, 3.05) is 0 Å². The van der Waals surface area contributed by atoms with Gasteiger partial charge in [0.05, 0.1) is 16.6 Å². The van der Waals surface area contributed by atoms with Crippen molar-refractivity contribution in [3.63, 3.8) is 0 Å². The van der Waals surface area contributed by atoms with Crippen LogP contribution in [0.15, 0.2) is 28.9 Å². The van der Waals surface area contributed by atoms with E-state index in [-0.39, 0.29) is 24.5 Å².